The molecule has 0 aliphatic carbocycles. The van der Waals surface area contributed by atoms with Crippen LogP contribution in [0, 0.1) is 6.92 Å². The van der Waals surface area contributed by atoms with Crippen molar-refractivity contribution in [2.75, 3.05) is 5.73 Å². The Morgan fingerprint density at radius 3 is 2.67 bits per heavy atom. The number of imidazole rings is 1. The van der Waals surface area contributed by atoms with Crippen molar-refractivity contribution in [3.05, 3.63) is 29.6 Å². The van der Waals surface area contributed by atoms with Gasteiger partial charge in [-0.05, 0) is 19.1 Å². The van der Waals surface area contributed by atoms with Gasteiger partial charge in [-0.25, -0.2) is 4.98 Å². The lowest BCUT2D eigenvalue weighted by molar-refractivity contribution is -0.136. The SMILES string of the molecule is Cc1c(N)nc2c(C(F)(F)F)cccn12. The average molecular weight is 215 g/mol. The number of nitrogens with two attached hydrogens (primary N) is 1. The fourth-order valence-electron chi connectivity index (χ4n) is 1.42. The van der Waals surface area contributed by atoms with Crippen molar-refractivity contribution in [2.24, 2.45) is 0 Å². The molecule has 0 aliphatic rings. The van der Waals surface area contributed by atoms with E-state index in [0.717, 1.165) is 6.07 Å². The molecule has 0 aromatic carbocycles. The van der Waals surface area contributed by atoms with Gasteiger partial charge in [-0.3, -0.25) is 0 Å². The zero-order valence-corrected chi connectivity index (χ0v) is 7.84. The van der Waals surface area contributed by atoms with Crippen LogP contribution in [0.3, 0.4) is 0 Å². The van der Waals surface area contributed by atoms with Crippen LogP contribution in [-0.4, -0.2) is 9.38 Å². The topological polar surface area (TPSA) is 43.3 Å². The van der Waals surface area contributed by atoms with Crippen LogP contribution in [0.4, 0.5) is 19.0 Å². The maximum atomic E-state index is 12.6. The Hall–Kier alpha value is -1.72. The molecule has 0 fully saturated rings. The summed E-state index contributed by atoms with van der Waals surface area (Å²) in [4.78, 5) is 3.70. The van der Waals surface area contributed by atoms with Gasteiger partial charge in [-0.2, -0.15) is 13.2 Å². The van der Waals surface area contributed by atoms with E-state index >= 15 is 0 Å². The maximum absolute atomic E-state index is 12.6. The van der Waals surface area contributed by atoms with Gasteiger partial charge in [0.15, 0.2) is 5.65 Å². The van der Waals surface area contributed by atoms with Gasteiger partial charge in [0, 0.05) is 6.20 Å². The van der Waals surface area contributed by atoms with Crippen LogP contribution in [0.2, 0.25) is 0 Å². The van der Waals surface area contributed by atoms with Gasteiger partial charge in [0.05, 0.1) is 11.3 Å². The van der Waals surface area contributed by atoms with Gasteiger partial charge in [-0.1, -0.05) is 0 Å². The summed E-state index contributed by atoms with van der Waals surface area (Å²) in [5, 5.41) is 0. The molecule has 0 saturated heterocycles. The van der Waals surface area contributed by atoms with Crippen molar-refractivity contribution in [2.45, 2.75) is 13.1 Å². The monoisotopic (exact) mass is 215 g/mol. The average Bonchev–Trinajstić information content (AvgIpc) is 2.41. The normalized spacial score (nSPS) is 12.3. The van der Waals surface area contributed by atoms with E-state index in [1.54, 1.807) is 6.92 Å². The Bertz CT molecular complexity index is 513. The first-order valence-corrected chi connectivity index (χ1v) is 4.21. The highest BCUT2D eigenvalue weighted by molar-refractivity contribution is 5.57. The number of pyridine rings is 1. The molecule has 2 aromatic heterocycles. The summed E-state index contributed by atoms with van der Waals surface area (Å²) in [5.74, 6) is 0.117. The van der Waals surface area contributed by atoms with Crippen LogP contribution in [0.5, 0.6) is 0 Å². The Balaban J connectivity index is 2.83. The van der Waals surface area contributed by atoms with Crippen LogP contribution < -0.4 is 5.73 Å². The fourth-order valence-corrected chi connectivity index (χ4v) is 1.42. The van der Waals surface area contributed by atoms with Gasteiger partial charge < -0.3 is 10.1 Å². The molecule has 0 radical (unpaired) electrons. The van der Waals surface area contributed by atoms with Gasteiger partial charge in [-0.15, -0.1) is 0 Å². The van der Waals surface area contributed by atoms with E-state index in [2.05, 4.69) is 4.98 Å². The van der Waals surface area contributed by atoms with E-state index in [1.165, 1.54) is 16.7 Å². The van der Waals surface area contributed by atoms with Gasteiger partial charge in [0.1, 0.15) is 5.82 Å². The number of nitrogens with zero attached hydrogens (tertiary/aromatic N) is 2. The molecule has 6 heteroatoms. The van der Waals surface area contributed by atoms with Crippen LogP contribution in [0.1, 0.15) is 11.3 Å². The van der Waals surface area contributed by atoms with Crippen LogP contribution >= 0.6 is 0 Å². The highest BCUT2D eigenvalue weighted by Gasteiger charge is 2.34. The van der Waals surface area contributed by atoms with Gasteiger partial charge in [0.25, 0.3) is 0 Å². The molecule has 0 unspecified atom stereocenters. The summed E-state index contributed by atoms with van der Waals surface area (Å²) in [5.41, 5.74) is 5.05. The summed E-state index contributed by atoms with van der Waals surface area (Å²) < 4.78 is 39.0. The largest absolute Gasteiger partial charge is 0.419 e. The quantitative estimate of drug-likeness (QED) is 0.732. The summed E-state index contributed by atoms with van der Waals surface area (Å²) in [6, 6.07) is 2.31. The summed E-state index contributed by atoms with van der Waals surface area (Å²) in [6.45, 7) is 1.62. The summed E-state index contributed by atoms with van der Waals surface area (Å²) >= 11 is 0. The minimum absolute atomic E-state index is 0.117. The van der Waals surface area contributed by atoms with Crippen molar-refractivity contribution in [1.82, 2.24) is 9.38 Å². The zero-order valence-electron chi connectivity index (χ0n) is 7.84. The molecule has 0 atom stereocenters. The highest BCUT2D eigenvalue weighted by atomic mass is 19.4. The third-order valence-electron chi connectivity index (χ3n) is 2.23. The van der Waals surface area contributed by atoms with Crippen LogP contribution in [0.15, 0.2) is 18.3 Å². The van der Waals surface area contributed by atoms with E-state index in [4.69, 9.17) is 5.73 Å². The number of hydrogen-bond donors (Lipinski definition) is 1. The molecule has 0 bridgehead atoms. The molecule has 0 amide bonds. The minimum atomic E-state index is -4.41. The molecule has 0 saturated carbocycles. The van der Waals surface area contributed by atoms with Crippen molar-refractivity contribution in [3.8, 4) is 0 Å². The Labute approximate surface area is 83.3 Å². The molecule has 0 spiro atoms. The van der Waals surface area contributed by atoms with Crippen molar-refractivity contribution < 1.29 is 13.2 Å². The molecule has 2 N–H and O–H groups in total. The number of nitrogen functional groups attached to an aromatic ring is 1. The number of anilines is 1. The maximum Gasteiger partial charge on any atom is 0.419 e. The molecule has 0 aliphatic heterocycles. The Kier molecular flexibility index (Phi) is 1.89. The standard InChI is InChI=1S/C9H8F3N3/c1-5-7(13)14-8-6(9(10,11)12)3-2-4-15(5)8/h2-4H,13H2,1H3. The smallest absolute Gasteiger partial charge is 0.382 e. The van der Waals surface area contributed by atoms with Crippen molar-refractivity contribution in [3.63, 3.8) is 0 Å². The van der Waals surface area contributed by atoms with E-state index in [1.807, 2.05) is 0 Å². The molecule has 2 aromatic rings. The van der Waals surface area contributed by atoms with E-state index in [9.17, 15) is 13.2 Å². The van der Waals surface area contributed by atoms with Crippen molar-refractivity contribution >= 4 is 11.5 Å². The lowest BCUT2D eigenvalue weighted by Crippen LogP contribution is -2.07. The Morgan fingerprint density at radius 1 is 1.40 bits per heavy atom. The molecule has 15 heavy (non-hydrogen) atoms. The third kappa shape index (κ3) is 1.42. The molecule has 2 rings (SSSR count). The number of hydrogen-bond acceptors (Lipinski definition) is 2. The van der Waals surface area contributed by atoms with Crippen molar-refractivity contribution in [1.29, 1.82) is 0 Å². The Morgan fingerprint density at radius 2 is 2.07 bits per heavy atom. The van der Waals surface area contributed by atoms with E-state index < -0.39 is 11.7 Å². The molecule has 80 valence electrons. The number of halogens is 3. The second-order valence-electron chi connectivity index (χ2n) is 3.20. The molecular weight excluding hydrogens is 207 g/mol. The first-order valence-electron chi connectivity index (χ1n) is 4.21. The number of rotatable bonds is 0. The lowest BCUT2D eigenvalue weighted by atomic mass is 10.2. The number of aryl methyl sites for hydroxylation is 1. The van der Waals surface area contributed by atoms with Crippen LogP contribution in [-0.2, 0) is 6.18 Å². The molecule has 2 heterocycles. The second-order valence-corrected chi connectivity index (χ2v) is 3.20. The predicted molar refractivity (Wildman–Crippen MR) is 49.3 cm³/mol. The van der Waals surface area contributed by atoms with E-state index in [-0.39, 0.29) is 11.5 Å². The van der Waals surface area contributed by atoms with Gasteiger partial charge in [0.2, 0.25) is 0 Å². The number of alkyl halides is 3. The van der Waals surface area contributed by atoms with E-state index in [0.29, 0.717) is 5.69 Å². The molecular formula is C9H8F3N3. The lowest BCUT2D eigenvalue weighted by Gasteiger charge is -2.07. The number of fused-ring (bicyclic) bond motifs is 1. The van der Waals surface area contributed by atoms with Gasteiger partial charge >= 0.3 is 6.18 Å². The summed E-state index contributed by atoms with van der Waals surface area (Å²) in [6.07, 6.45) is -2.91. The third-order valence-corrected chi connectivity index (χ3v) is 2.23. The first kappa shape index (κ1) is 9.82. The predicted octanol–water partition coefficient (Wildman–Crippen LogP) is 2.24. The summed E-state index contributed by atoms with van der Waals surface area (Å²) in [7, 11) is 0. The second kappa shape index (κ2) is 2.88. The number of aromatic nitrogens is 2. The minimum Gasteiger partial charge on any atom is -0.382 e. The highest BCUT2D eigenvalue weighted by Crippen LogP contribution is 2.32. The fraction of sp³-hybridized carbons (Fsp3) is 0.222. The molecule has 3 nitrogen and oxygen atoms in total. The first-order chi connectivity index (χ1) is 6.91. The van der Waals surface area contributed by atoms with Crippen LogP contribution in [0.25, 0.3) is 5.65 Å². The zero-order chi connectivity index (χ0) is 11.2.